The van der Waals surface area contributed by atoms with Crippen molar-refractivity contribution in [3.8, 4) is 5.75 Å². The average Bonchev–Trinajstić information content (AvgIpc) is 2.68. The lowest BCUT2D eigenvalue weighted by Crippen LogP contribution is -2.26. The van der Waals surface area contributed by atoms with E-state index in [0.717, 1.165) is 29.3 Å². The molecule has 0 heterocycles. The van der Waals surface area contributed by atoms with Crippen LogP contribution in [0.3, 0.4) is 0 Å². The van der Waals surface area contributed by atoms with Gasteiger partial charge in [0.2, 0.25) is 10.0 Å². The minimum absolute atomic E-state index is 0.111. The highest BCUT2D eigenvalue weighted by atomic mass is 32.2. The third-order valence-electron chi connectivity index (χ3n) is 4.21. The molecule has 0 aliphatic carbocycles. The molecule has 0 atom stereocenters. The van der Waals surface area contributed by atoms with Crippen LogP contribution in [-0.4, -0.2) is 46.4 Å². The normalized spacial score (nSPS) is 11.4. The highest BCUT2D eigenvalue weighted by molar-refractivity contribution is 7.89. The Balaban J connectivity index is 1.82. The SMILES string of the molecule is COc1ccc(CCCCNC(=O)c2cccc(S(=O)(=O)N(C)C)c2)cc1. The summed E-state index contributed by atoms with van der Waals surface area (Å²) in [5.74, 6) is 0.569. The first-order valence-electron chi connectivity index (χ1n) is 8.78. The number of hydrogen-bond acceptors (Lipinski definition) is 4. The highest BCUT2D eigenvalue weighted by Gasteiger charge is 2.18. The van der Waals surface area contributed by atoms with Gasteiger partial charge in [0.15, 0.2) is 0 Å². The number of methoxy groups -OCH3 is 1. The maximum Gasteiger partial charge on any atom is 0.251 e. The van der Waals surface area contributed by atoms with E-state index in [0.29, 0.717) is 12.1 Å². The molecule has 2 aromatic carbocycles. The first-order valence-corrected chi connectivity index (χ1v) is 10.2. The molecule has 0 spiro atoms. The van der Waals surface area contributed by atoms with E-state index < -0.39 is 10.0 Å². The van der Waals surface area contributed by atoms with Crippen molar-refractivity contribution >= 4 is 15.9 Å². The van der Waals surface area contributed by atoms with Gasteiger partial charge in [0.1, 0.15) is 5.75 Å². The van der Waals surface area contributed by atoms with Crippen LogP contribution in [0.2, 0.25) is 0 Å². The minimum Gasteiger partial charge on any atom is -0.497 e. The number of hydrogen-bond donors (Lipinski definition) is 1. The summed E-state index contributed by atoms with van der Waals surface area (Å²) in [5.41, 5.74) is 1.57. The molecule has 2 rings (SSSR count). The van der Waals surface area contributed by atoms with Gasteiger partial charge < -0.3 is 10.1 Å². The van der Waals surface area contributed by atoms with Gasteiger partial charge in [0, 0.05) is 26.2 Å². The number of carbonyl (C=O) groups excluding carboxylic acids is 1. The summed E-state index contributed by atoms with van der Waals surface area (Å²) in [6.45, 7) is 0.541. The summed E-state index contributed by atoms with van der Waals surface area (Å²) in [6.07, 6.45) is 2.71. The van der Waals surface area contributed by atoms with E-state index in [2.05, 4.69) is 5.32 Å². The van der Waals surface area contributed by atoms with E-state index in [1.54, 1.807) is 19.2 Å². The fraction of sp³-hybridized carbons (Fsp3) is 0.350. The molecule has 0 aliphatic rings. The number of rotatable bonds is 9. The van der Waals surface area contributed by atoms with Crippen LogP contribution in [0, 0.1) is 0 Å². The molecule has 0 saturated heterocycles. The number of sulfonamides is 1. The lowest BCUT2D eigenvalue weighted by molar-refractivity contribution is 0.0953. The first kappa shape index (κ1) is 20.9. The van der Waals surface area contributed by atoms with Crippen LogP contribution in [0.1, 0.15) is 28.8 Å². The molecule has 0 bridgehead atoms. The fourth-order valence-electron chi connectivity index (χ4n) is 2.56. The van der Waals surface area contributed by atoms with Crippen LogP contribution >= 0.6 is 0 Å². The Morgan fingerprint density at radius 1 is 1.07 bits per heavy atom. The van der Waals surface area contributed by atoms with Gasteiger partial charge in [-0.1, -0.05) is 18.2 Å². The van der Waals surface area contributed by atoms with Gasteiger partial charge in [0.05, 0.1) is 12.0 Å². The van der Waals surface area contributed by atoms with Crippen molar-refractivity contribution in [3.63, 3.8) is 0 Å². The van der Waals surface area contributed by atoms with Gasteiger partial charge in [-0.05, 0) is 55.2 Å². The second-order valence-corrected chi connectivity index (χ2v) is 8.53. The van der Waals surface area contributed by atoms with Crippen molar-refractivity contribution in [2.24, 2.45) is 0 Å². The Hall–Kier alpha value is -2.38. The molecule has 1 N–H and O–H groups in total. The molecule has 2 aromatic rings. The van der Waals surface area contributed by atoms with Gasteiger partial charge in [-0.25, -0.2) is 12.7 Å². The van der Waals surface area contributed by atoms with Crippen molar-refractivity contribution in [1.82, 2.24) is 9.62 Å². The number of amides is 1. The molecule has 0 saturated carbocycles. The topological polar surface area (TPSA) is 75.7 Å². The number of carbonyl (C=O) groups is 1. The van der Waals surface area contributed by atoms with Crippen LogP contribution in [0.25, 0.3) is 0 Å². The van der Waals surface area contributed by atoms with Gasteiger partial charge in [0.25, 0.3) is 5.91 Å². The molecule has 0 fully saturated rings. The maximum atomic E-state index is 12.3. The third kappa shape index (κ3) is 5.80. The Bertz CT molecular complexity index is 862. The van der Waals surface area contributed by atoms with E-state index in [-0.39, 0.29) is 10.8 Å². The lowest BCUT2D eigenvalue weighted by Gasteiger charge is -2.12. The molecule has 0 radical (unpaired) electrons. The lowest BCUT2D eigenvalue weighted by atomic mass is 10.1. The number of benzene rings is 2. The number of nitrogens with one attached hydrogen (secondary N) is 1. The number of ether oxygens (including phenoxy) is 1. The van der Waals surface area contributed by atoms with E-state index in [1.165, 1.54) is 31.8 Å². The van der Waals surface area contributed by atoms with E-state index in [9.17, 15) is 13.2 Å². The molecular formula is C20H26N2O4S. The molecule has 0 aromatic heterocycles. The molecular weight excluding hydrogens is 364 g/mol. The van der Waals surface area contributed by atoms with Crippen LogP contribution in [0.15, 0.2) is 53.4 Å². The van der Waals surface area contributed by atoms with Crippen LogP contribution in [0.4, 0.5) is 0 Å². The van der Waals surface area contributed by atoms with E-state index >= 15 is 0 Å². The van der Waals surface area contributed by atoms with Gasteiger partial charge in [-0.2, -0.15) is 0 Å². The molecule has 6 nitrogen and oxygen atoms in total. The summed E-state index contributed by atoms with van der Waals surface area (Å²) >= 11 is 0. The summed E-state index contributed by atoms with van der Waals surface area (Å²) in [4.78, 5) is 12.4. The highest BCUT2D eigenvalue weighted by Crippen LogP contribution is 2.15. The predicted octanol–water partition coefficient (Wildman–Crippen LogP) is 2.70. The standard InChI is InChI=1S/C20H26N2O4S/c1-22(2)27(24,25)19-9-6-8-17(15-19)20(23)21-14-5-4-7-16-10-12-18(26-3)13-11-16/h6,8-13,15H,4-5,7,14H2,1-3H3,(H,21,23). The van der Waals surface area contributed by atoms with Crippen molar-refractivity contribution in [2.45, 2.75) is 24.2 Å². The summed E-state index contributed by atoms with van der Waals surface area (Å²) in [7, 11) is 1.02. The Morgan fingerprint density at radius 2 is 1.78 bits per heavy atom. The summed E-state index contributed by atoms with van der Waals surface area (Å²) < 4.78 is 30.6. The van der Waals surface area contributed by atoms with Crippen molar-refractivity contribution < 1.29 is 17.9 Å². The molecule has 0 aliphatic heterocycles. The molecule has 146 valence electrons. The second kappa shape index (κ2) is 9.53. The molecule has 0 unspecified atom stereocenters. The Kier molecular flexibility index (Phi) is 7.38. The van der Waals surface area contributed by atoms with Gasteiger partial charge >= 0.3 is 0 Å². The molecule has 27 heavy (non-hydrogen) atoms. The van der Waals surface area contributed by atoms with Gasteiger partial charge in [-0.15, -0.1) is 0 Å². The number of unbranched alkanes of at least 4 members (excludes halogenated alkanes) is 1. The number of nitrogens with zero attached hydrogens (tertiary/aromatic N) is 1. The summed E-state index contributed by atoms with van der Waals surface area (Å²) in [5, 5.41) is 2.84. The zero-order valence-corrected chi connectivity index (χ0v) is 16.8. The molecule has 1 amide bonds. The van der Waals surface area contributed by atoms with E-state index in [1.807, 2.05) is 24.3 Å². The predicted molar refractivity (Wildman–Crippen MR) is 106 cm³/mol. The fourth-order valence-corrected chi connectivity index (χ4v) is 3.51. The minimum atomic E-state index is -3.55. The zero-order valence-electron chi connectivity index (χ0n) is 15.9. The van der Waals surface area contributed by atoms with Crippen molar-refractivity contribution in [2.75, 3.05) is 27.7 Å². The monoisotopic (exact) mass is 390 g/mol. The first-order chi connectivity index (χ1) is 12.8. The van der Waals surface area contributed by atoms with Crippen LogP contribution in [0.5, 0.6) is 5.75 Å². The van der Waals surface area contributed by atoms with Gasteiger partial charge in [-0.3, -0.25) is 4.79 Å². The Labute approximate surface area is 161 Å². The van der Waals surface area contributed by atoms with Crippen LogP contribution in [-0.2, 0) is 16.4 Å². The number of aryl methyl sites for hydroxylation is 1. The van der Waals surface area contributed by atoms with E-state index in [4.69, 9.17) is 4.74 Å². The smallest absolute Gasteiger partial charge is 0.251 e. The van der Waals surface area contributed by atoms with Crippen LogP contribution < -0.4 is 10.1 Å². The quantitative estimate of drug-likeness (QED) is 0.668. The largest absolute Gasteiger partial charge is 0.497 e. The van der Waals surface area contributed by atoms with Crippen molar-refractivity contribution in [3.05, 3.63) is 59.7 Å². The second-order valence-electron chi connectivity index (χ2n) is 6.38. The average molecular weight is 391 g/mol. The maximum absolute atomic E-state index is 12.3. The van der Waals surface area contributed by atoms with Crippen molar-refractivity contribution in [1.29, 1.82) is 0 Å². The third-order valence-corrected chi connectivity index (χ3v) is 6.02. The zero-order chi connectivity index (χ0) is 19.9. The summed E-state index contributed by atoms with van der Waals surface area (Å²) in [6, 6.07) is 14.0. The Morgan fingerprint density at radius 3 is 2.41 bits per heavy atom. The molecule has 7 heteroatoms.